The summed E-state index contributed by atoms with van der Waals surface area (Å²) in [6.45, 7) is 9.72. The molecule has 0 nitrogen and oxygen atoms in total. The van der Waals surface area contributed by atoms with Gasteiger partial charge < -0.3 is 0 Å². The second kappa shape index (κ2) is 4.60. The molecule has 2 aliphatic rings. The van der Waals surface area contributed by atoms with Crippen molar-refractivity contribution in [2.45, 2.75) is 65.7 Å². The van der Waals surface area contributed by atoms with Crippen LogP contribution >= 0.6 is 0 Å². The fourth-order valence-corrected chi connectivity index (χ4v) is 5.09. The number of aryl methyl sites for hydroxylation is 2. The van der Waals surface area contributed by atoms with E-state index in [0.717, 1.165) is 5.92 Å². The summed E-state index contributed by atoms with van der Waals surface area (Å²) in [6, 6.07) is 11.7. The fraction of sp³-hybridized carbons (Fsp3) is 0.545. The molecule has 116 valence electrons. The van der Waals surface area contributed by atoms with Gasteiger partial charge in [-0.3, -0.25) is 0 Å². The Balaban J connectivity index is 1.91. The lowest BCUT2D eigenvalue weighted by molar-refractivity contribution is 0.0705. The summed E-state index contributed by atoms with van der Waals surface area (Å²) < 4.78 is 0. The van der Waals surface area contributed by atoms with Crippen molar-refractivity contribution < 1.29 is 0 Å². The van der Waals surface area contributed by atoms with Gasteiger partial charge in [0.25, 0.3) is 0 Å². The van der Waals surface area contributed by atoms with Gasteiger partial charge in [0.1, 0.15) is 0 Å². The summed E-state index contributed by atoms with van der Waals surface area (Å²) >= 11 is 0. The smallest absolute Gasteiger partial charge is 0.00998 e. The van der Waals surface area contributed by atoms with Crippen LogP contribution in [0.15, 0.2) is 30.3 Å². The van der Waals surface area contributed by atoms with Crippen molar-refractivity contribution >= 4 is 10.8 Å². The quantitative estimate of drug-likeness (QED) is 0.527. The van der Waals surface area contributed by atoms with Gasteiger partial charge in [0.05, 0.1) is 0 Å². The van der Waals surface area contributed by atoms with E-state index in [1.165, 1.54) is 48.4 Å². The molecular formula is C22H28. The van der Waals surface area contributed by atoms with E-state index in [1.54, 1.807) is 11.1 Å². The number of hydrogen-bond acceptors (Lipinski definition) is 0. The normalized spacial score (nSPS) is 29.9. The highest BCUT2D eigenvalue weighted by Gasteiger charge is 2.46. The van der Waals surface area contributed by atoms with Crippen LogP contribution in [0.25, 0.3) is 10.8 Å². The van der Waals surface area contributed by atoms with Crippen molar-refractivity contribution in [1.82, 2.24) is 0 Å². The zero-order valence-corrected chi connectivity index (χ0v) is 14.5. The molecule has 0 aromatic heterocycles. The lowest BCUT2D eigenvalue weighted by Gasteiger charge is -2.51. The van der Waals surface area contributed by atoms with Crippen LogP contribution in [0.2, 0.25) is 0 Å². The summed E-state index contributed by atoms with van der Waals surface area (Å²) in [7, 11) is 0. The predicted molar refractivity (Wildman–Crippen MR) is 95.5 cm³/mol. The van der Waals surface area contributed by atoms with E-state index in [-0.39, 0.29) is 0 Å². The molecule has 0 aliphatic heterocycles. The SMILES string of the molecule is Cc1cccc2c3c(ccc12)[C@@H]1CC(C)(C)CC[C@]1(C)CC3. The molecule has 0 bridgehead atoms. The van der Waals surface area contributed by atoms with Gasteiger partial charge in [-0.2, -0.15) is 0 Å². The van der Waals surface area contributed by atoms with E-state index in [9.17, 15) is 0 Å². The Hall–Kier alpha value is -1.30. The minimum atomic E-state index is 0.500. The standard InChI is InChI=1S/C22H28/c1-15-6-5-7-17-16(15)8-9-19-18(17)10-11-22(4)13-12-21(2,3)14-20(19)22/h5-9,20H,10-14H2,1-4H3/t20-,22-/m0/s1. The second-order valence-corrected chi connectivity index (χ2v) is 8.88. The highest BCUT2D eigenvalue weighted by Crippen LogP contribution is 2.58. The maximum Gasteiger partial charge on any atom is -0.00998 e. The summed E-state index contributed by atoms with van der Waals surface area (Å²) in [5.41, 5.74) is 5.76. The number of fused-ring (bicyclic) bond motifs is 5. The van der Waals surface area contributed by atoms with E-state index in [1.807, 2.05) is 0 Å². The number of hydrogen-bond donors (Lipinski definition) is 0. The molecule has 22 heavy (non-hydrogen) atoms. The summed E-state index contributed by atoms with van der Waals surface area (Å²) in [5.74, 6) is 0.755. The average Bonchev–Trinajstić information content (AvgIpc) is 2.48. The first-order valence-corrected chi connectivity index (χ1v) is 8.91. The minimum absolute atomic E-state index is 0.500. The topological polar surface area (TPSA) is 0 Å². The van der Waals surface area contributed by atoms with Crippen molar-refractivity contribution in [3.8, 4) is 0 Å². The Morgan fingerprint density at radius 1 is 0.909 bits per heavy atom. The Morgan fingerprint density at radius 3 is 2.55 bits per heavy atom. The van der Waals surface area contributed by atoms with Crippen molar-refractivity contribution in [2.24, 2.45) is 10.8 Å². The number of benzene rings is 2. The zero-order valence-electron chi connectivity index (χ0n) is 14.5. The van der Waals surface area contributed by atoms with Gasteiger partial charge in [-0.1, -0.05) is 51.1 Å². The average molecular weight is 292 g/mol. The van der Waals surface area contributed by atoms with Gasteiger partial charge in [-0.15, -0.1) is 0 Å². The van der Waals surface area contributed by atoms with Crippen molar-refractivity contribution in [2.75, 3.05) is 0 Å². The van der Waals surface area contributed by atoms with Crippen LogP contribution in [0.3, 0.4) is 0 Å². The lowest BCUT2D eigenvalue weighted by atomic mass is 9.53. The Kier molecular flexibility index (Phi) is 2.99. The Morgan fingerprint density at radius 2 is 1.73 bits per heavy atom. The highest BCUT2D eigenvalue weighted by atomic mass is 14.5. The molecule has 2 aromatic rings. The lowest BCUT2D eigenvalue weighted by Crippen LogP contribution is -2.39. The molecule has 2 atom stereocenters. The molecule has 0 heterocycles. The highest BCUT2D eigenvalue weighted by molar-refractivity contribution is 5.89. The van der Waals surface area contributed by atoms with Gasteiger partial charge in [0, 0.05) is 0 Å². The maximum absolute atomic E-state index is 2.55. The fourth-order valence-electron chi connectivity index (χ4n) is 5.09. The van der Waals surface area contributed by atoms with Crippen LogP contribution in [0.1, 0.15) is 69.1 Å². The van der Waals surface area contributed by atoms with Crippen LogP contribution in [0.5, 0.6) is 0 Å². The first-order valence-electron chi connectivity index (χ1n) is 8.91. The summed E-state index contributed by atoms with van der Waals surface area (Å²) in [6.07, 6.45) is 6.78. The summed E-state index contributed by atoms with van der Waals surface area (Å²) in [4.78, 5) is 0. The number of rotatable bonds is 0. The third-order valence-electron chi connectivity index (χ3n) is 6.72. The van der Waals surface area contributed by atoms with Crippen molar-refractivity contribution in [1.29, 1.82) is 0 Å². The Bertz CT molecular complexity index is 737. The van der Waals surface area contributed by atoms with Gasteiger partial charge >= 0.3 is 0 Å². The van der Waals surface area contributed by atoms with E-state index < -0.39 is 0 Å². The van der Waals surface area contributed by atoms with Crippen LogP contribution < -0.4 is 0 Å². The van der Waals surface area contributed by atoms with Crippen LogP contribution in [0, 0.1) is 17.8 Å². The molecule has 0 N–H and O–H groups in total. The van der Waals surface area contributed by atoms with Crippen LogP contribution in [-0.2, 0) is 6.42 Å². The molecule has 2 aromatic carbocycles. The molecule has 0 amide bonds. The zero-order chi connectivity index (χ0) is 15.5. The van der Waals surface area contributed by atoms with Gasteiger partial charge in [0.2, 0.25) is 0 Å². The molecular weight excluding hydrogens is 264 g/mol. The van der Waals surface area contributed by atoms with E-state index in [0.29, 0.717) is 10.8 Å². The van der Waals surface area contributed by atoms with E-state index in [4.69, 9.17) is 0 Å². The molecule has 4 rings (SSSR count). The van der Waals surface area contributed by atoms with Crippen LogP contribution in [0.4, 0.5) is 0 Å². The second-order valence-electron chi connectivity index (χ2n) is 8.88. The van der Waals surface area contributed by atoms with Gasteiger partial charge in [-0.05, 0) is 83.2 Å². The molecule has 1 saturated carbocycles. The minimum Gasteiger partial charge on any atom is -0.0614 e. The van der Waals surface area contributed by atoms with Crippen molar-refractivity contribution in [3.63, 3.8) is 0 Å². The molecule has 0 radical (unpaired) electrons. The molecule has 0 unspecified atom stereocenters. The third kappa shape index (κ3) is 2.03. The molecule has 2 aliphatic carbocycles. The largest absolute Gasteiger partial charge is 0.0614 e. The van der Waals surface area contributed by atoms with Gasteiger partial charge in [0.15, 0.2) is 0 Å². The van der Waals surface area contributed by atoms with Gasteiger partial charge in [-0.25, -0.2) is 0 Å². The molecule has 1 fully saturated rings. The molecule has 0 heteroatoms. The predicted octanol–water partition coefficient (Wildman–Crippen LogP) is 6.39. The molecule has 0 spiro atoms. The summed E-state index contributed by atoms with van der Waals surface area (Å²) in [5, 5.41) is 2.97. The van der Waals surface area contributed by atoms with E-state index in [2.05, 4.69) is 58.0 Å². The van der Waals surface area contributed by atoms with Crippen molar-refractivity contribution in [3.05, 3.63) is 47.0 Å². The monoisotopic (exact) mass is 292 g/mol. The third-order valence-corrected chi connectivity index (χ3v) is 6.72. The van der Waals surface area contributed by atoms with E-state index >= 15 is 0 Å². The van der Waals surface area contributed by atoms with Crippen LogP contribution in [-0.4, -0.2) is 0 Å². The first-order chi connectivity index (χ1) is 10.4. The first kappa shape index (κ1) is 14.3. The molecule has 0 saturated heterocycles. The maximum atomic E-state index is 2.55. The Labute approximate surface area is 134 Å².